The molecule has 0 unspecified atom stereocenters. The number of Topliss-reactive ketones (excluding diaryl/α,β-unsaturated/α-hetero) is 1. The Kier molecular flexibility index (Phi) is 7.82. The van der Waals surface area contributed by atoms with Crippen molar-refractivity contribution in [2.75, 3.05) is 12.4 Å². The van der Waals surface area contributed by atoms with Crippen LogP contribution in [0.5, 0.6) is 5.75 Å². The molecule has 0 aliphatic heterocycles. The third kappa shape index (κ3) is 6.07. The monoisotopic (exact) mass is 363 g/mol. The summed E-state index contributed by atoms with van der Waals surface area (Å²) in [6, 6.07) is 5.84. The Hall–Kier alpha value is -1.49. The highest BCUT2D eigenvalue weighted by Gasteiger charge is 2.22. The van der Waals surface area contributed by atoms with Crippen molar-refractivity contribution in [2.45, 2.75) is 58.2 Å². The molecule has 0 bridgehead atoms. The smallest absolute Gasteiger partial charge is 0.230 e. The molecule has 0 aromatic heterocycles. The second kappa shape index (κ2) is 9.85. The summed E-state index contributed by atoms with van der Waals surface area (Å²) in [4.78, 5) is 23.8. The number of carbonyl (C=O) groups is 2. The average molecular weight is 364 g/mol. The highest BCUT2D eigenvalue weighted by atomic mass is 32.2. The van der Waals surface area contributed by atoms with Gasteiger partial charge in [0.2, 0.25) is 5.91 Å². The van der Waals surface area contributed by atoms with E-state index in [0.717, 1.165) is 17.7 Å². The second-order valence-electron chi connectivity index (χ2n) is 6.74. The summed E-state index contributed by atoms with van der Waals surface area (Å²) in [6.45, 7) is 6.30. The molecule has 25 heavy (non-hydrogen) atoms. The molecule has 1 aromatic rings. The lowest BCUT2D eigenvalue weighted by Crippen LogP contribution is -2.41. The van der Waals surface area contributed by atoms with E-state index in [0.29, 0.717) is 35.6 Å². The fourth-order valence-corrected chi connectivity index (χ4v) is 4.06. The van der Waals surface area contributed by atoms with Gasteiger partial charge in [0.15, 0.2) is 5.78 Å². The molecule has 1 aromatic carbocycles. The van der Waals surface area contributed by atoms with E-state index in [9.17, 15) is 9.59 Å². The molecule has 1 aliphatic carbocycles. The first-order valence-electron chi connectivity index (χ1n) is 9.15. The summed E-state index contributed by atoms with van der Waals surface area (Å²) in [7, 11) is 0. The highest BCUT2D eigenvalue weighted by Crippen LogP contribution is 2.26. The summed E-state index contributed by atoms with van der Waals surface area (Å²) >= 11 is 1.56. The third-order valence-electron chi connectivity index (χ3n) is 4.72. The summed E-state index contributed by atoms with van der Waals surface area (Å²) in [5.41, 5.74) is 1.65. The first-order chi connectivity index (χ1) is 12.0. The van der Waals surface area contributed by atoms with Crippen molar-refractivity contribution in [3.05, 3.63) is 29.3 Å². The van der Waals surface area contributed by atoms with Crippen LogP contribution in [0.2, 0.25) is 0 Å². The third-order valence-corrected chi connectivity index (χ3v) is 5.70. The normalized spacial score (nSPS) is 20.1. The Morgan fingerprint density at radius 1 is 1.28 bits per heavy atom. The maximum Gasteiger partial charge on any atom is 0.230 e. The fourth-order valence-electron chi connectivity index (χ4n) is 3.24. The molecule has 4 nitrogen and oxygen atoms in total. The Balaban J connectivity index is 1.88. The van der Waals surface area contributed by atoms with Gasteiger partial charge in [-0.15, -0.1) is 11.8 Å². The molecule has 1 fully saturated rings. The van der Waals surface area contributed by atoms with Gasteiger partial charge in [-0.1, -0.05) is 19.8 Å². The molecule has 1 aliphatic rings. The van der Waals surface area contributed by atoms with Crippen molar-refractivity contribution in [1.82, 2.24) is 5.32 Å². The number of hydrogen-bond acceptors (Lipinski definition) is 4. The summed E-state index contributed by atoms with van der Waals surface area (Å²) in [6.07, 6.45) is 4.77. The van der Waals surface area contributed by atoms with Gasteiger partial charge in [0.1, 0.15) is 5.75 Å². The van der Waals surface area contributed by atoms with E-state index in [1.807, 2.05) is 19.1 Å². The van der Waals surface area contributed by atoms with E-state index < -0.39 is 0 Å². The van der Waals surface area contributed by atoms with Crippen LogP contribution in [-0.4, -0.2) is 30.1 Å². The molecule has 1 amide bonds. The maximum atomic E-state index is 12.2. The standard InChI is InChI=1S/C20H29NO3S/c1-4-24-19-10-9-16(15(3)22)11-17(19)12-25-13-20(23)21-18-8-6-5-7-14(18)2/h9-11,14,18H,4-8,12-13H2,1-3H3,(H,21,23)/t14-,18+/m1/s1. The molecule has 2 rings (SSSR count). The van der Waals surface area contributed by atoms with Crippen molar-refractivity contribution in [3.63, 3.8) is 0 Å². The predicted octanol–water partition coefficient (Wildman–Crippen LogP) is 4.22. The zero-order valence-corrected chi connectivity index (χ0v) is 16.3. The van der Waals surface area contributed by atoms with Crippen LogP contribution in [0.15, 0.2) is 18.2 Å². The molecular formula is C20H29NO3S. The minimum atomic E-state index is 0.0401. The Bertz CT molecular complexity index is 603. The van der Waals surface area contributed by atoms with Crippen LogP contribution in [0.4, 0.5) is 0 Å². The largest absolute Gasteiger partial charge is 0.494 e. The first kappa shape index (κ1) is 19.8. The molecule has 0 spiro atoms. The Morgan fingerprint density at radius 3 is 2.72 bits per heavy atom. The minimum absolute atomic E-state index is 0.0401. The van der Waals surface area contributed by atoms with Crippen molar-refractivity contribution >= 4 is 23.5 Å². The number of hydrogen-bond donors (Lipinski definition) is 1. The fraction of sp³-hybridized carbons (Fsp3) is 0.600. The summed E-state index contributed by atoms with van der Waals surface area (Å²) in [5, 5.41) is 3.18. The van der Waals surface area contributed by atoms with E-state index in [1.165, 1.54) is 19.3 Å². The number of amides is 1. The SMILES string of the molecule is CCOc1ccc(C(C)=O)cc1CSCC(=O)N[C@H]1CCCC[C@H]1C. The number of benzene rings is 1. The molecule has 0 radical (unpaired) electrons. The van der Waals surface area contributed by atoms with Gasteiger partial charge in [-0.25, -0.2) is 0 Å². The molecule has 138 valence electrons. The van der Waals surface area contributed by atoms with E-state index in [-0.39, 0.29) is 11.7 Å². The zero-order valence-electron chi connectivity index (χ0n) is 15.5. The van der Waals surface area contributed by atoms with Crippen molar-refractivity contribution in [1.29, 1.82) is 0 Å². The number of ketones is 1. The quantitative estimate of drug-likeness (QED) is 0.703. The zero-order chi connectivity index (χ0) is 18.2. The maximum absolute atomic E-state index is 12.2. The lowest BCUT2D eigenvalue weighted by Gasteiger charge is -2.29. The topological polar surface area (TPSA) is 55.4 Å². The molecular weight excluding hydrogens is 334 g/mol. The van der Waals surface area contributed by atoms with Crippen LogP contribution in [-0.2, 0) is 10.5 Å². The molecule has 0 saturated heterocycles. The lowest BCUT2D eigenvalue weighted by atomic mass is 9.86. The molecule has 0 heterocycles. The van der Waals surface area contributed by atoms with Crippen LogP contribution in [0, 0.1) is 5.92 Å². The van der Waals surface area contributed by atoms with E-state index in [2.05, 4.69) is 12.2 Å². The number of carbonyl (C=O) groups excluding carboxylic acids is 2. The predicted molar refractivity (Wildman–Crippen MR) is 103 cm³/mol. The van der Waals surface area contributed by atoms with Crippen LogP contribution < -0.4 is 10.1 Å². The van der Waals surface area contributed by atoms with E-state index in [4.69, 9.17) is 4.74 Å². The van der Waals surface area contributed by atoms with Crippen molar-refractivity contribution in [3.8, 4) is 5.75 Å². The Morgan fingerprint density at radius 2 is 2.04 bits per heavy atom. The molecule has 1 N–H and O–H groups in total. The number of nitrogens with one attached hydrogen (secondary N) is 1. The second-order valence-corrected chi connectivity index (χ2v) is 7.73. The van der Waals surface area contributed by atoms with Crippen molar-refractivity contribution < 1.29 is 14.3 Å². The Labute approximate surface area is 155 Å². The first-order valence-corrected chi connectivity index (χ1v) is 10.3. The number of thioether (sulfide) groups is 1. The summed E-state index contributed by atoms with van der Waals surface area (Å²) in [5.74, 6) is 2.59. The highest BCUT2D eigenvalue weighted by molar-refractivity contribution is 7.99. The van der Waals surface area contributed by atoms with Gasteiger partial charge in [0, 0.05) is 22.9 Å². The van der Waals surface area contributed by atoms with E-state index >= 15 is 0 Å². The number of ether oxygens (including phenoxy) is 1. The minimum Gasteiger partial charge on any atom is -0.494 e. The van der Waals surface area contributed by atoms with Gasteiger partial charge < -0.3 is 10.1 Å². The summed E-state index contributed by atoms with van der Waals surface area (Å²) < 4.78 is 5.64. The van der Waals surface area contributed by atoms with E-state index in [1.54, 1.807) is 24.8 Å². The molecule has 2 atom stereocenters. The lowest BCUT2D eigenvalue weighted by molar-refractivity contribution is -0.119. The average Bonchev–Trinajstić information content (AvgIpc) is 2.58. The van der Waals surface area contributed by atoms with Gasteiger partial charge in [-0.05, 0) is 50.8 Å². The number of rotatable bonds is 8. The van der Waals surface area contributed by atoms with Gasteiger partial charge in [-0.3, -0.25) is 9.59 Å². The van der Waals surface area contributed by atoms with Gasteiger partial charge in [-0.2, -0.15) is 0 Å². The van der Waals surface area contributed by atoms with Crippen LogP contribution >= 0.6 is 11.8 Å². The van der Waals surface area contributed by atoms with Crippen LogP contribution in [0.25, 0.3) is 0 Å². The van der Waals surface area contributed by atoms with Crippen LogP contribution in [0.3, 0.4) is 0 Å². The van der Waals surface area contributed by atoms with Gasteiger partial charge in [0.25, 0.3) is 0 Å². The molecule has 1 saturated carbocycles. The van der Waals surface area contributed by atoms with Crippen molar-refractivity contribution in [2.24, 2.45) is 5.92 Å². The molecule has 5 heteroatoms. The van der Waals surface area contributed by atoms with Crippen LogP contribution in [0.1, 0.15) is 62.4 Å². The van der Waals surface area contributed by atoms with Gasteiger partial charge >= 0.3 is 0 Å². The van der Waals surface area contributed by atoms with Gasteiger partial charge in [0.05, 0.1) is 12.4 Å².